The molecule has 0 radical (unpaired) electrons. The third-order valence-electron chi connectivity index (χ3n) is 3.30. The van der Waals surface area contributed by atoms with Crippen LogP contribution in [0.3, 0.4) is 0 Å². The molecule has 2 heterocycles. The highest BCUT2D eigenvalue weighted by Crippen LogP contribution is 2.24. The van der Waals surface area contributed by atoms with Gasteiger partial charge in [0.25, 0.3) is 0 Å². The Hall–Kier alpha value is -3.14. The van der Waals surface area contributed by atoms with E-state index in [9.17, 15) is 0 Å². The van der Waals surface area contributed by atoms with Crippen molar-refractivity contribution in [3.63, 3.8) is 0 Å². The Morgan fingerprint density at radius 1 is 1.26 bits per heavy atom. The van der Waals surface area contributed by atoms with Crippen LogP contribution in [-0.4, -0.2) is 26.4 Å². The van der Waals surface area contributed by atoms with E-state index in [0.29, 0.717) is 31.0 Å². The molecule has 7 heteroatoms. The average molecular weight is 308 g/mol. The van der Waals surface area contributed by atoms with E-state index < -0.39 is 0 Å². The van der Waals surface area contributed by atoms with Gasteiger partial charge in [-0.15, -0.1) is 0 Å². The first-order valence-corrected chi connectivity index (χ1v) is 7.35. The summed E-state index contributed by atoms with van der Waals surface area (Å²) < 4.78 is 7.14. The molecule has 1 aromatic carbocycles. The number of hydrogen-bond donors (Lipinski definition) is 1. The Kier molecular flexibility index (Phi) is 4.34. The Labute approximate surface area is 133 Å². The van der Waals surface area contributed by atoms with Gasteiger partial charge in [-0.3, -0.25) is 0 Å². The van der Waals surface area contributed by atoms with Gasteiger partial charge < -0.3 is 10.1 Å². The lowest BCUT2D eigenvalue weighted by molar-refractivity contribution is 0.340. The molecule has 23 heavy (non-hydrogen) atoms. The number of fused-ring (bicyclic) bond motifs is 1. The number of nitrogens with zero attached hydrogens (tertiary/aromatic N) is 5. The van der Waals surface area contributed by atoms with Gasteiger partial charge >= 0.3 is 0 Å². The number of ether oxygens (including phenoxy) is 1. The quantitative estimate of drug-likeness (QED) is 0.753. The van der Waals surface area contributed by atoms with E-state index in [-0.39, 0.29) is 0 Å². The molecule has 0 saturated heterocycles. The summed E-state index contributed by atoms with van der Waals surface area (Å²) in [4.78, 5) is 8.54. The van der Waals surface area contributed by atoms with Crippen LogP contribution in [0.1, 0.15) is 13.3 Å². The normalized spacial score (nSPS) is 10.4. The topological polar surface area (TPSA) is 88.7 Å². The van der Waals surface area contributed by atoms with E-state index >= 15 is 0 Å². The third-order valence-corrected chi connectivity index (χ3v) is 3.30. The number of rotatable bonds is 6. The van der Waals surface area contributed by atoms with Gasteiger partial charge in [0.2, 0.25) is 0 Å². The van der Waals surface area contributed by atoms with Gasteiger partial charge in [-0.2, -0.15) is 10.4 Å². The minimum atomic E-state index is 0.391. The fourth-order valence-corrected chi connectivity index (χ4v) is 2.25. The van der Waals surface area contributed by atoms with Crippen molar-refractivity contribution in [3.8, 4) is 11.8 Å². The molecular formula is C16H16N6O. The lowest BCUT2D eigenvalue weighted by Gasteiger charge is -2.08. The summed E-state index contributed by atoms with van der Waals surface area (Å²) in [5, 5.41) is 17.1. The maximum atomic E-state index is 8.70. The molecule has 116 valence electrons. The molecule has 0 unspecified atom stereocenters. The summed E-state index contributed by atoms with van der Waals surface area (Å²) in [6.45, 7) is 3.11. The van der Waals surface area contributed by atoms with Gasteiger partial charge in [-0.05, 0) is 31.2 Å². The summed E-state index contributed by atoms with van der Waals surface area (Å²) >= 11 is 0. The van der Waals surface area contributed by atoms with Gasteiger partial charge in [0.15, 0.2) is 5.65 Å². The van der Waals surface area contributed by atoms with Crippen molar-refractivity contribution in [1.82, 2.24) is 19.7 Å². The Morgan fingerprint density at radius 3 is 2.83 bits per heavy atom. The zero-order valence-corrected chi connectivity index (χ0v) is 12.7. The first-order valence-electron chi connectivity index (χ1n) is 7.35. The summed E-state index contributed by atoms with van der Waals surface area (Å²) in [5.41, 5.74) is 1.61. The minimum Gasteiger partial charge on any atom is -0.494 e. The molecule has 0 saturated carbocycles. The molecule has 0 bridgehead atoms. The second kappa shape index (κ2) is 6.75. The van der Waals surface area contributed by atoms with Crippen molar-refractivity contribution in [1.29, 1.82) is 5.26 Å². The van der Waals surface area contributed by atoms with Crippen LogP contribution in [0, 0.1) is 11.3 Å². The number of aryl methyl sites for hydroxylation is 1. The van der Waals surface area contributed by atoms with Crippen LogP contribution in [0.5, 0.6) is 5.75 Å². The number of anilines is 2. The van der Waals surface area contributed by atoms with Crippen LogP contribution < -0.4 is 10.1 Å². The molecule has 0 aliphatic rings. The molecular weight excluding hydrogens is 292 g/mol. The molecule has 0 fully saturated rings. The molecule has 0 amide bonds. The third kappa shape index (κ3) is 3.21. The van der Waals surface area contributed by atoms with Crippen molar-refractivity contribution in [3.05, 3.63) is 36.8 Å². The summed E-state index contributed by atoms with van der Waals surface area (Å²) in [5.74, 6) is 1.51. The molecule has 3 rings (SSSR count). The predicted octanol–water partition coefficient (Wildman–Crippen LogP) is 2.88. The van der Waals surface area contributed by atoms with Crippen LogP contribution in [0.25, 0.3) is 11.0 Å². The predicted molar refractivity (Wildman–Crippen MR) is 86.4 cm³/mol. The zero-order chi connectivity index (χ0) is 16.1. The first-order chi connectivity index (χ1) is 11.3. The van der Waals surface area contributed by atoms with Crippen LogP contribution >= 0.6 is 0 Å². The second-order valence-corrected chi connectivity index (χ2v) is 4.82. The van der Waals surface area contributed by atoms with E-state index in [1.54, 1.807) is 10.9 Å². The highest BCUT2D eigenvalue weighted by molar-refractivity contribution is 5.88. The van der Waals surface area contributed by atoms with Crippen LogP contribution in [0.4, 0.5) is 11.5 Å². The molecule has 0 spiro atoms. The molecule has 0 aliphatic heterocycles. The van der Waals surface area contributed by atoms with E-state index in [1.165, 1.54) is 6.33 Å². The van der Waals surface area contributed by atoms with Gasteiger partial charge in [-0.25, -0.2) is 14.6 Å². The number of nitrogens with one attached hydrogen (secondary N) is 1. The van der Waals surface area contributed by atoms with Crippen molar-refractivity contribution < 1.29 is 4.74 Å². The van der Waals surface area contributed by atoms with E-state index in [2.05, 4.69) is 26.5 Å². The van der Waals surface area contributed by atoms with Crippen molar-refractivity contribution >= 4 is 22.5 Å². The summed E-state index contributed by atoms with van der Waals surface area (Å²) in [6.07, 6.45) is 3.59. The second-order valence-electron chi connectivity index (χ2n) is 4.82. The highest BCUT2D eigenvalue weighted by atomic mass is 16.5. The Bertz CT molecular complexity index is 834. The standard InChI is InChI=1S/C16H16N6O/c1-2-23-13-6-4-12(5-7-13)21-15-14-10-20-22(9-3-8-17)16(14)19-11-18-15/h4-7,10-11H,2-3,9H2,1H3,(H,18,19,21). The Balaban J connectivity index is 1.85. The van der Waals surface area contributed by atoms with E-state index in [1.807, 2.05) is 31.2 Å². The highest BCUT2D eigenvalue weighted by Gasteiger charge is 2.09. The van der Waals surface area contributed by atoms with E-state index in [4.69, 9.17) is 10.00 Å². The maximum absolute atomic E-state index is 8.70. The fraction of sp³-hybridized carbons (Fsp3) is 0.250. The van der Waals surface area contributed by atoms with Gasteiger partial charge in [-0.1, -0.05) is 0 Å². The van der Waals surface area contributed by atoms with Crippen molar-refractivity contribution in [2.45, 2.75) is 19.9 Å². The van der Waals surface area contributed by atoms with Crippen molar-refractivity contribution in [2.24, 2.45) is 0 Å². The number of hydrogen-bond acceptors (Lipinski definition) is 6. The van der Waals surface area contributed by atoms with Gasteiger partial charge in [0.05, 0.1) is 37.2 Å². The number of benzene rings is 1. The van der Waals surface area contributed by atoms with Gasteiger partial charge in [0, 0.05) is 5.69 Å². The lowest BCUT2D eigenvalue weighted by atomic mass is 10.3. The monoisotopic (exact) mass is 308 g/mol. The molecule has 7 nitrogen and oxygen atoms in total. The molecule has 1 N–H and O–H groups in total. The SMILES string of the molecule is CCOc1ccc(Nc2ncnc3c2cnn3CCC#N)cc1. The van der Waals surface area contributed by atoms with Gasteiger partial charge in [0.1, 0.15) is 17.9 Å². The molecule has 0 atom stereocenters. The van der Waals surface area contributed by atoms with Crippen molar-refractivity contribution in [2.75, 3.05) is 11.9 Å². The van der Waals surface area contributed by atoms with Crippen LogP contribution in [0.2, 0.25) is 0 Å². The lowest BCUT2D eigenvalue weighted by Crippen LogP contribution is -2.01. The molecule has 0 aliphatic carbocycles. The summed E-state index contributed by atoms with van der Waals surface area (Å²) in [6, 6.07) is 9.77. The molecule has 2 aromatic heterocycles. The fourth-order valence-electron chi connectivity index (χ4n) is 2.25. The smallest absolute Gasteiger partial charge is 0.163 e. The Morgan fingerprint density at radius 2 is 2.09 bits per heavy atom. The number of aromatic nitrogens is 4. The largest absolute Gasteiger partial charge is 0.494 e. The average Bonchev–Trinajstić information content (AvgIpc) is 2.99. The van der Waals surface area contributed by atoms with E-state index in [0.717, 1.165) is 16.8 Å². The molecule has 3 aromatic rings. The minimum absolute atomic E-state index is 0.391. The van der Waals surface area contributed by atoms with Crippen LogP contribution in [0.15, 0.2) is 36.8 Å². The number of nitriles is 1. The zero-order valence-electron chi connectivity index (χ0n) is 12.7. The van der Waals surface area contributed by atoms with Crippen LogP contribution in [-0.2, 0) is 6.54 Å². The first kappa shape index (κ1) is 14.8. The summed E-state index contributed by atoms with van der Waals surface area (Å²) in [7, 11) is 0. The maximum Gasteiger partial charge on any atom is 0.163 e.